The molecule has 6 atom stereocenters. The van der Waals surface area contributed by atoms with Gasteiger partial charge in [0, 0.05) is 35.2 Å². The minimum absolute atomic E-state index is 0.0470. The molecule has 162 valence electrons. The molecule has 0 aliphatic carbocycles. The molecule has 4 N–H and O–H groups in total. The van der Waals surface area contributed by atoms with Gasteiger partial charge in [0.25, 0.3) is 0 Å². The molecule has 3 aliphatic rings. The van der Waals surface area contributed by atoms with Crippen molar-refractivity contribution in [1.82, 2.24) is 14.9 Å². The Hall–Kier alpha value is -1.40. The molecule has 3 rings (SSSR count). The fraction of sp³-hybridized carbons (Fsp3) is 0.667. The minimum Gasteiger partial charge on any atom is -0.477 e. The molecule has 0 saturated carbocycles. The van der Waals surface area contributed by atoms with Crippen LogP contribution in [0.5, 0.6) is 0 Å². The number of carbonyl (C=O) groups excluding carboxylic acids is 1. The highest BCUT2D eigenvalue weighted by Gasteiger charge is 2.60. The second kappa shape index (κ2) is 8.38. The van der Waals surface area contributed by atoms with Crippen LogP contribution in [0.1, 0.15) is 20.3 Å². The van der Waals surface area contributed by atoms with Gasteiger partial charge in [0.2, 0.25) is 15.9 Å². The van der Waals surface area contributed by atoms with Crippen LogP contribution in [-0.4, -0.2) is 78.2 Å². The van der Waals surface area contributed by atoms with E-state index in [4.69, 9.17) is 0 Å². The maximum Gasteiger partial charge on any atom is 0.353 e. The van der Waals surface area contributed by atoms with E-state index in [1.54, 1.807) is 13.0 Å². The normalized spacial score (nSPS) is 33.3. The van der Waals surface area contributed by atoms with Gasteiger partial charge in [-0.1, -0.05) is 19.1 Å². The third-order valence-electron chi connectivity index (χ3n) is 5.56. The molecule has 0 unspecified atom stereocenters. The number of thioether (sulfide) groups is 1. The molecular weight excluding hydrogens is 418 g/mol. The Balaban J connectivity index is 1.65. The summed E-state index contributed by atoms with van der Waals surface area (Å²) in [6.45, 7) is 4.38. The Labute approximate surface area is 174 Å². The first kappa shape index (κ1) is 22.3. The van der Waals surface area contributed by atoms with Crippen molar-refractivity contribution in [3.05, 3.63) is 22.8 Å². The molecule has 0 aromatic heterocycles. The lowest BCUT2D eigenvalue weighted by Gasteiger charge is -2.46. The quantitative estimate of drug-likeness (QED) is 0.296. The molecule has 0 radical (unpaired) electrons. The number of sulfonamides is 1. The van der Waals surface area contributed by atoms with E-state index in [1.807, 2.05) is 13.0 Å². The molecule has 3 heterocycles. The van der Waals surface area contributed by atoms with Crippen LogP contribution in [0.25, 0.3) is 0 Å². The number of carbonyl (C=O) groups is 2. The monoisotopic (exact) mass is 445 g/mol. The summed E-state index contributed by atoms with van der Waals surface area (Å²) in [4.78, 5) is 26.3. The average Bonchev–Trinajstić information content (AvgIpc) is 3.13. The van der Waals surface area contributed by atoms with E-state index in [0.29, 0.717) is 11.4 Å². The lowest BCUT2D eigenvalue weighted by Crippen LogP contribution is -2.63. The number of nitrogens with zero attached hydrogens (tertiary/aromatic N) is 1. The van der Waals surface area contributed by atoms with Crippen LogP contribution >= 0.6 is 11.8 Å². The van der Waals surface area contributed by atoms with Crippen LogP contribution in [0.2, 0.25) is 0 Å². The number of amides is 1. The van der Waals surface area contributed by atoms with Crippen LogP contribution < -0.4 is 10.0 Å². The van der Waals surface area contributed by atoms with Crippen LogP contribution in [0.3, 0.4) is 0 Å². The second-order valence-corrected chi connectivity index (χ2v) is 11.0. The highest BCUT2D eigenvalue weighted by atomic mass is 32.2. The molecule has 11 heteroatoms. The zero-order chi connectivity index (χ0) is 21.5. The van der Waals surface area contributed by atoms with Crippen LogP contribution in [0.4, 0.5) is 0 Å². The van der Waals surface area contributed by atoms with Gasteiger partial charge in [0.1, 0.15) is 5.70 Å². The van der Waals surface area contributed by atoms with Crippen LogP contribution in [0.15, 0.2) is 22.8 Å². The Morgan fingerprint density at radius 1 is 1.48 bits per heavy atom. The van der Waals surface area contributed by atoms with Gasteiger partial charge in [-0.05, 0) is 13.3 Å². The highest BCUT2D eigenvalue weighted by molar-refractivity contribution is 8.03. The SMILES string of the molecule is C[C@@H](O)[C@H]1C(=O)N2C(C(=O)O)=C(S[C@@H]3CN[C@H](/C=C/CNS(C)(=O)=O)C3)[C@H](C)[C@H]12. The van der Waals surface area contributed by atoms with Gasteiger partial charge >= 0.3 is 5.97 Å². The number of fused-ring (bicyclic) bond motifs is 1. The molecular formula is C18H27N3O6S2. The standard InChI is InChI=1S/C18H27N3O6S2/c1-9-14-13(10(2)22)17(23)21(14)15(18(24)25)16(9)28-12-7-11(19-8-12)5-4-6-20-29(3,26)27/h4-5,9-14,19-20,22H,6-8H2,1-3H3,(H,24,25)/b5-4+/t9-,10-,11-,12+,13-,14-/m1/s1. The lowest BCUT2D eigenvalue weighted by molar-refractivity contribution is -0.163. The summed E-state index contributed by atoms with van der Waals surface area (Å²) in [6, 6.07) is -0.230. The van der Waals surface area contributed by atoms with E-state index < -0.39 is 28.0 Å². The van der Waals surface area contributed by atoms with E-state index in [-0.39, 0.29) is 41.4 Å². The van der Waals surface area contributed by atoms with Crippen LogP contribution in [0, 0.1) is 11.8 Å². The fourth-order valence-corrected chi connectivity index (χ4v) is 6.15. The zero-order valence-electron chi connectivity index (χ0n) is 16.5. The Kier molecular flexibility index (Phi) is 6.44. The summed E-state index contributed by atoms with van der Waals surface area (Å²) in [7, 11) is -3.22. The van der Waals surface area contributed by atoms with Gasteiger partial charge < -0.3 is 20.4 Å². The molecule has 9 nitrogen and oxygen atoms in total. The number of nitrogens with one attached hydrogen (secondary N) is 2. The van der Waals surface area contributed by atoms with Crippen molar-refractivity contribution in [3.63, 3.8) is 0 Å². The minimum atomic E-state index is -3.22. The molecule has 2 fully saturated rings. The van der Waals surface area contributed by atoms with Crippen molar-refractivity contribution in [2.75, 3.05) is 19.3 Å². The maximum absolute atomic E-state index is 12.4. The van der Waals surface area contributed by atoms with Crippen molar-refractivity contribution in [2.45, 2.75) is 43.7 Å². The third-order valence-corrected chi connectivity index (χ3v) is 7.76. The number of carboxylic acids is 1. The van der Waals surface area contributed by atoms with E-state index >= 15 is 0 Å². The summed E-state index contributed by atoms with van der Waals surface area (Å²) in [5, 5.41) is 23.1. The first-order valence-electron chi connectivity index (χ1n) is 9.51. The van der Waals surface area contributed by atoms with Crippen molar-refractivity contribution in [1.29, 1.82) is 0 Å². The predicted octanol–water partition coefficient (Wildman–Crippen LogP) is -0.291. The number of hydrogen-bond acceptors (Lipinski definition) is 7. The largest absolute Gasteiger partial charge is 0.477 e. The Morgan fingerprint density at radius 2 is 2.17 bits per heavy atom. The van der Waals surface area contributed by atoms with Crippen LogP contribution in [-0.2, 0) is 19.6 Å². The van der Waals surface area contributed by atoms with E-state index in [9.17, 15) is 28.2 Å². The van der Waals surface area contributed by atoms with Crippen molar-refractivity contribution >= 4 is 33.7 Å². The smallest absolute Gasteiger partial charge is 0.353 e. The number of β-lactam (4-membered cyclic amide) rings is 1. The van der Waals surface area contributed by atoms with Crippen molar-refractivity contribution < 1.29 is 28.2 Å². The highest BCUT2D eigenvalue weighted by Crippen LogP contribution is 2.51. The maximum atomic E-state index is 12.4. The summed E-state index contributed by atoms with van der Waals surface area (Å²) in [5.74, 6) is -2.14. The van der Waals surface area contributed by atoms with Gasteiger partial charge in [-0.25, -0.2) is 17.9 Å². The number of aliphatic carboxylic acids is 1. The summed E-state index contributed by atoms with van der Waals surface area (Å²) in [5.41, 5.74) is 0.0470. The number of aliphatic hydroxyl groups excluding tert-OH is 1. The Morgan fingerprint density at radius 3 is 2.76 bits per heavy atom. The van der Waals surface area contributed by atoms with Gasteiger partial charge in [-0.3, -0.25) is 4.79 Å². The second-order valence-electron chi connectivity index (χ2n) is 7.81. The molecule has 3 aliphatic heterocycles. The van der Waals surface area contributed by atoms with E-state index in [1.165, 1.54) is 16.7 Å². The lowest BCUT2D eigenvalue weighted by atomic mass is 9.79. The van der Waals surface area contributed by atoms with Gasteiger partial charge in [0.05, 0.1) is 24.3 Å². The number of carboxylic acid groups (broad SMARTS) is 1. The summed E-state index contributed by atoms with van der Waals surface area (Å²) >= 11 is 1.49. The molecule has 0 spiro atoms. The molecule has 0 aromatic carbocycles. The molecule has 1 amide bonds. The topological polar surface area (TPSA) is 136 Å². The molecule has 0 aromatic rings. The molecule has 2 saturated heterocycles. The Bertz CT molecular complexity index is 854. The predicted molar refractivity (Wildman–Crippen MR) is 109 cm³/mol. The number of hydrogen-bond donors (Lipinski definition) is 4. The van der Waals surface area contributed by atoms with Gasteiger partial charge in [0.15, 0.2) is 0 Å². The van der Waals surface area contributed by atoms with Gasteiger partial charge in [-0.15, -0.1) is 11.8 Å². The first-order valence-corrected chi connectivity index (χ1v) is 12.3. The van der Waals surface area contributed by atoms with Gasteiger partial charge in [-0.2, -0.15) is 0 Å². The summed E-state index contributed by atoms with van der Waals surface area (Å²) < 4.78 is 24.5. The fourth-order valence-electron chi connectivity index (χ4n) is 4.26. The van der Waals surface area contributed by atoms with Crippen molar-refractivity contribution in [2.24, 2.45) is 11.8 Å². The third kappa shape index (κ3) is 4.53. The average molecular weight is 446 g/mol. The molecule has 0 bridgehead atoms. The molecule has 29 heavy (non-hydrogen) atoms. The van der Waals surface area contributed by atoms with E-state index in [0.717, 1.165) is 12.7 Å². The van der Waals surface area contributed by atoms with Crippen molar-refractivity contribution in [3.8, 4) is 0 Å². The first-order chi connectivity index (χ1) is 13.5. The van der Waals surface area contributed by atoms with E-state index in [2.05, 4.69) is 10.0 Å². The number of aliphatic hydroxyl groups is 1. The zero-order valence-corrected chi connectivity index (χ0v) is 18.2. The number of rotatable bonds is 8. The summed E-state index contributed by atoms with van der Waals surface area (Å²) in [6.07, 6.45) is 4.72.